The number of hydrogen-bond donors (Lipinski definition) is 0. The van der Waals surface area contributed by atoms with Crippen molar-refractivity contribution in [3.05, 3.63) is 83.4 Å². The molecule has 0 saturated carbocycles. The number of thioether (sulfide) groups is 1. The van der Waals surface area contributed by atoms with Gasteiger partial charge in [0.2, 0.25) is 0 Å². The molecular formula is C19H21ClN2S. The maximum absolute atomic E-state index is 6.33. The Morgan fingerprint density at radius 1 is 1.13 bits per heavy atom. The van der Waals surface area contributed by atoms with Crippen LogP contribution in [0.25, 0.3) is 0 Å². The van der Waals surface area contributed by atoms with Crippen molar-refractivity contribution in [2.24, 2.45) is 4.99 Å². The fourth-order valence-electron chi connectivity index (χ4n) is 2.26. The number of hydrogen-bond acceptors (Lipinski definition) is 2. The van der Waals surface area contributed by atoms with Gasteiger partial charge >= 0.3 is 0 Å². The van der Waals surface area contributed by atoms with Crippen LogP contribution in [0.5, 0.6) is 0 Å². The van der Waals surface area contributed by atoms with E-state index in [-0.39, 0.29) is 0 Å². The van der Waals surface area contributed by atoms with Crippen LogP contribution in [0.2, 0.25) is 5.02 Å². The second-order valence-electron chi connectivity index (χ2n) is 5.05. The van der Waals surface area contributed by atoms with Gasteiger partial charge in [0.1, 0.15) is 0 Å². The van der Waals surface area contributed by atoms with Crippen molar-refractivity contribution in [3.8, 4) is 0 Å². The standard InChI is InChI=1S/C19H21ClN2S/c1-3-13-21-19(23-2)22(14-16-9-5-4-6-10-16)15-17-11-7-8-12-18(17)20/h3-12H,1,13-15H2,2H3. The fourth-order valence-corrected chi connectivity index (χ4v) is 3.05. The van der Waals surface area contributed by atoms with Crippen molar-refractivity contribution < 1.29 is 0 Å². The third kappa shape index (κ3) is 5.45. The predicted octanol–water partition coefficient (Wildman–Crippen LogP) is 5.25. The number of benzene rings is 2. The van der Waals surface area contributed by atoms with Gasteiger partial charge in [-0.05, 0) is 23.4 Å². The van der Waals surface area contributed by atoms with Gasteiger partial charge in [-0.3, -0.25) is 4.99 Å². The molecule has 0 amide bonds. The molecule has 0 atom stereocenters. The molecule has 0 unspecified atom stereocenters. The molecular weight excluding hydrogens is 324 g/mol. The van der Waals surface area contributed by atoms with Crippen LogP contribution >= 0.6 is 23.4 Å². The predicted molar refractivity (Wildman–Crippen MR) is 103 cm³/mol. The number of aliphatic imine (C=N–C) groups is 1. The van der Waals surface area contributed by atoms with E-state index >= 15 is 0 Å². The quantitative estimate of drug-likeness (QED) is 0.404. The molecule has 0 bridgehead atoms. The van der Waals surface area contributed by atoms with Crippen LogP contribution in [0.15, 0.2) is 72.2 Å². The van der Waals surface area contributed by atoms with Gasteiger partial charge in [-0.25, -0.2) is 0 Å². The summed E-state index contributed by atoms with van der Waals surface area (Å²) in [4.78, 5) is 6.88. The van der Waals surface area contributed by atoms with Gasteiger partial charge in [-0.15, -0.1) is 6.58 Å². The Bertz CT molecular complexity index is 655. The Morgan fingerprint density at radius 2 is 1.83 bits per heavy atom. The molecule has 23 heavy (non-hydrogen) atoms. The zero-order valence-electron chi connectivity index (χ0n) is 13.3. The molecule has 2 aromatic rings. The second-order valence-corrected chi connectivity index (χ2v) is 6.23. The molecule has 0 radical (unpaired) electrons. The summed E-state index contributed by atoms with van der Waals surface area (Å²) >= 11 is 7.98. The van der Waals surface area contributed by atoms with Crippen LogP contribution in [0.1, 0.15) is 11.1 Å². The minimum Gasteiger partial charge on any atom is -0.343 e. The maximum atomic E-state index is 6.33. The molecule has 2 aromatic carbocycles. The highest BCUT2D eigenvalue weighted by Crippen LogP contribution is 2.21. The SMILES string of the molecule is C=CCN=C(SC)N(Cc1ccccc1)Cc1ccccc1Cl. The van der Waals surface area contributed by atoms with Gasteiger partial charge in [-0.1, -0.05) is 78.0 Å². The van der Waals surface area contributed by atoms with Gasteiger partial charge in [0, 0.05) is 18.1 Å². The first-order valence-electron chi connectivity index (χ1n) is 7.46. The number of rotatable bonds is 6. The summed E-state index contributed by atoms with van der Waals surface area (Å²) < 4.78 is 0. The number of amidine groups is 1. The smallest absolute Gasteiger partial charge is 0.159 e. The van der Waals surface area contributed by atoms with E-state index < -0.39 is 0 Å². The van der Waals surface area contributed by atoms with Crippen molar-refractivity contribution in [1.82, 2.24) is 4.90 Å². The number of halogens is 1. The third-order valence-electron chi connectivity index (χ3n) is 3.34. The Kier molecular flexibility index (Phi) is 7.24. The summed E-state index contributed by atoms with van der Waals surface area (Å²) in [7, 11) is 0. The highest BCUT2D eigenvalue weighted by molar-refractivity contribution is 8.13. The monoisotopic (exact) mass is 344 g/mol. The summed E-state index contributed by atoms with van der Waals surface area (Å²) in [6.07, 6.45) is 3.86. The summed E-state index contributed by atoms with van der Waals surface area (Å²) in [5.74, 6) is 0. The topological polar surface area (TPSA) is 15.6 Å². The van der Waals surface area contributed by atoms with Crippen molar-refractivity contribution in [1.29, 1.82) is 0 Å². The zero-order chi connectivity index (χ0) is 16.5. The van der Waals surface area contributed by atoms with Crippen molar-refractivity contribution in [2.75, 3.05) is 12.8 Å². The minimum absolute atomic E-state index is 0.615. The molecule has 0 aliphatic carbocycles. The molecule has 0 fully saturated rings. The average Bonchev–Trinajstić information content (AvgIpc) is 2.58. The number of nitrogens with zero attached hydrogens (tertiary/aromatic N) is 2. The Balaban J connectivity index is 2.26. The Labute approximate surface area is 147 Å². The van der Waals surface area contributed by atoms with E-state index in [1.807, 2.05) is 36.6 Å². The second kappa shape index (κ2) is 9.43. The van der Waals surface area contributed by atoms with E-state index in [0.29, 0.717) is 6.54 Å². The first-order valence-corrected chi connectivity index (χ1v) is 9.06. The normalized spacial score (nSPS) is 11.3. The highest BCUT2D eigenvalue weighted by atomic mass is 35.5. The average molecular weight is 345 g/mol. The van der Waals surface area contributed by atoms with E-state index in [0.717, 1.165) is 28.8 Å². The van der Waals surface area contributed by atoms with Gasteiger partial charge in [-0.2, -0.15) is 0 Å². The molecule has 0 N–H and O–H groups in total. The van der Waals surface area contributed by atoms with Crippen molar-refractivity contribution in [2.45, 2.75) is 13.1 Å². The molecule has 0 aliphatic heterocycles. The van der Waals surface area contributed by atoms with Crippen LogP contribution in [0.4, 0.5) is 0 Å². The molecule has 2 nitrogen and oxygen atoms in total. The first-order chi connectivity index (χ1) is 11.2. The molecule has 120 valence electrons. The maximum Gasteiger partial charge on any atom is 0.159 e. The van der Waals surface area contributed by atoms with Crippen molar-refractivity contribution in [3.63, 3.8) is 0 Å². The first kappa shape index (κ1) is 17.6. The van der Waals surface area contributed by atoms with Crippen LogP contribution in [-0.2, 0) is 13.1 Å². The van der Waals surface area contributed by atoms with Crippen LogP contribution in [0.3, 0.4) is 0 Å². The van der Waals surface area contributed by atoms with Crippen molar-refractivity contribution >= 4 is 28.5 Å². The molecule has 0 heterocycles. The Morgan fingerprint density at radius 3 is 2.48 bits per heavy atom. The summed E-state index contributed by atoms with van der Waals surface area (Å²) in [5, 5.41) is 1.78. The molecule has 0 aliphatic rings. The molecule has 0 aromatic heterocycles. The lowest BCUT2D eigenvalue weighted by atomic mass is 10.2. The van der Waals surface area contributed by atoms with Crippen LogP contribution in [-0.4, -0.2) is 22.9 Å². The van der Waals surface area contributed by atoms with E-state index in [1.165, 1.54) is 5.56 Å². The largest absolute Gasteiger partial charge is 0.343 e. The molecule has 2 rings (SSSR count). The summed E-state index contributed by atoms with van der Waals surface area (Å²) in [6.45, 7) is 5.89. The third-order valence-corrected chi connectivity index (χ3v) is 4.47. The minimum atomic E-state index is 0.615. The molecule has 0 saturated heterocycles. The summed E-state index contributed by atoms with van der Waals surface area (Å²) in [5.41, 5.74) is 2.35. The van der Waals surface area contributed by atoms with Gasteiger partial charge in [0.05, 0.1) is 6.54 Å². The molecule has 0 spiro atoms. The van der Waals surface area contributed by atoms with E-state index in [4.69, 9.17) is 11.6 Å². The van der Waals surface area contributed by atoms with Crippen LogP contribution in [0, 0.1) is 0 Å². The fraction of sp³-hybridized carbons (Fsp3) is 0.211. The van der Waals surface area contributed by atoms with E-state index in [9.17, 15) is 0 Å². The van der Waals surface area contributed by atoms with Gasteiger partial charge < -0.3 is 4.90 Å². The van der Waals surface area contributed by atoms with E-state index in [2.05, 4.69) is 46.8 Å². The lowest BCUT2D eigenvalue weighted by Gasteiger charge is -2.26. The van der Waals surface area contributed by atoms with Crippen LogP contribution < -0.4 is 0 Å². The molecule has 4 heteroatoms. The zero-order valence-corrected chi connectivity index (χ0v) is 14.9. The summed E-state index contributed by atoms with van der Waals surface area (Å²) in [6, 6.07) is 18.4. The van der Waals surface area contributed by atoms with Gasteiger partial charge in [0.15, 0.2) is 5.17 Å². The van der Waals surface area contributed by atoms with E-state index in [1.54, 1.807) is 11.8 Å². The van der Waals surface area contributed by atoms with Gasteiger partial charge in [0.25, 0.3) is 0 Å². The highest BCUT2D eigenvalue weighted by Gasteiger charge is 2.13. The lowest BCUT2D eigenvalue weighted by molar-refractivity contribution is 0.414. The lowest BCUT2D eigenvalue weighted by Crippen LogP contribution is -2.28. The Hall–Kier alpha value is -1.71.